The first-order valence-electron chi connectivity index (χ1n) is 6.52. The van der Waals surface area contributed by atoms with Crippen LogP contribution in [0.1, 0.15) is 27.9 Å². The fourth-order valence-electron chi connectivity index (χ4n) is 2.00. The summed E-state index contributed by atoms with van der Waals surface area (Å²) < 4.78 is 18.4. The monoisotopic (exact) mass is 272 g/mol. The van der Waals surface area contributed by atoms with Gasteiger partial charge in [0.1, 0.15) is 0 Å². The minimum Gasteiger partial charge on any atom is -0.494 e. The van der Waals surface area contributed by atoms with Gasteiger partial charge in [0.25, 0.3) is 0 Å². The van der Waals surface area contributed by atoms with Gasteiger partial charge < -0.3 is 4.74 Å². The number of Topliss-reactive ketones (excluding diaryl/α,β-unsaturated/α-hetero) is 1. The van der Waals surface area contributed by atoms with Crippen molar-refractivity contribution in [1.82, 2.24) is 0 Å². The highest BCUT2D eigenvalue weighted by Crippen LogP contribution is 2.19. The highest BCUT2D eigenvalue weighted by atomic mass is 19.1. The molecule has 0 aliphatic carbocycles. The summed E-state index contributed by atoms with van der Waals surface area (Å²) in [5.74, 6) is -0.416. The van der Waals surface area contributed by atoms with Crippen molar-refractivity contribution in [1.29, 1.82) is 0 Å². The Kier molecular flexibility index (Phi) is 4.51. The average Bonchev–Trinajstić information content (AvgIpc) is 2.46. The standard InChI is InChI=1S/C17H17FO2/c1-12-3-5-13(6-4-12)7-9-16(19)14-8-10-17(20-2)15(18)11-14/h3-6,8,10-11H,7,9H2,1-2H3. The van der Waals surface area contributed by atoms with Gasteiger partial charge in [-0.25, -0.2) is 4.39 Å². The molecule has 2 nitrogen and oxygen atoms in total. The number of benzene rings is 2. The number of rotatable bonds is 5. The first kappa shape index (κ1) is 14.3. The van der Waals surface area contributed by atoms with Crippen LogP contribution in [0, 0.1) is 12.7 Å². The molecule has 0 aliphatic rings. The molecule has 0 radical (unpaired) electrons. The zero-order chi connectivity index (χ0) is 14.5. The minimum atomic E-state index is -0.506. The van der Waals surface area contributed by atoms with E-state index in [4.69, 9.17) is 4.74 Å². The molecule has 2 aromatic carbocycles. The Morgan fingerprint density at radius 1 is 1.15 bits per heavy atom. The Balaban J connectivity index is 2.01. The molecular formula is C17H17FO2. The molecule has 0 N–H and O–H groups in total. The van der Waals surface area contributed by atoms with E-state index in [9.17, 15) is 9.18 Å². The van der Waals surface area contributed by atoms with E-state index in [0.29, 0.717) is 18.4 Å². The molecule has 0 atom stereocenters. The molecular weight excluding hydrogens is 255 g/mol. The van der Waals surface area contributed by atoms with E-state index >= 15 is 0 Å². The summed E-state index contributed by atoms with van der Waals surface area (Å²) in [6.07, 6.45) is 1.03. The quantitative estimate of drug-likeness (QED) is 0.770. The molecule has 0 fully saturated rings. The van der Waals surface area contributed by atoms with Gasteiger partial charge in [0.05, 0.1) is 7.11 Å². The van der Waals surface area contributed by atoms with Gasteiger partial charge >= 0.3 is 0 Å². The molecule has 0 saturated carbocycles. The van der Waals surface area contributed by atoms with Crippen LogP contribution in [0.25, 0.3) is 0 Å². The van der Waals surface area contributed by atoms with E-state index in [1.165, 1.54) is 24.8 Å². The van der Waals surface area contributed by atoms with Gasteiger partial charge in [0.15, 0.2) is 17.3 Å². The summed E-state index contributed by atoms with van der Waals surface area (Å²) in [5.41, 5.74) is 2.69. The minimum absolute atomic E-state index is 0.0628. The van der Waals surface area contributed by atoms with E-state index in [2.05, 4.69) is 0 Å². The number of aryl methyl sites for hydroxylation is 2. The second kappa shape index (κ2) is 6.33. The van der Waals surface area contributed by atoms with Crippen molar-refractivity contribution in [2.45, 2.75) is 19.8 Å². The summed E-state index contributed by atoms with van der Waals surface area (Å²) in [7, 11) is 1.40. The number of hydrogen-bond donors (Lipinski definition) is 0. The molecule has 0 amide bonds. The lowest BCUT2D eigenvalue weighted by molar-refractivity contribution is 0.0982. The van der Waals surface area contributed by atoms with Gasteiger partial charge in [-0.1, -0.05) is 29.8 Å². The van der Waals surface area contributed by atoms with Crippen LogP contribution < -0.4 is 4.74 Å². The van der Waals surface area contributed by atoms with E-state index < -0.39 is 5.82 Å². The molecule has 2 rings (SSSR count). The van der Waals surface area contributed by atoms with Crippen LogP contribution in [0.3, 0.4) is 0 Å². The van der Waals surface area contributed by atoms with Gasteiger partial charge in [0, 0.05) is 12.0 Å². The zero-order valence-electron chi connectivity index (χ0n) is 11.7. The molecule has 0 aliphatic heterocycles. The Labute approximate surface area is 118 Å². The number of carbonyl (C=O) groups excluding carboxylic acids is 1. The highest BCUT2D eigenvalue weighted by molar-refractivity contribution is 5.96. The van der Waals surface area contributed by atoms with Crippen LogP contribution in [0.5, 0.6) is 5.75 Å². The van der Waals surface area contributed by atoms with Crippen molar-refractivity contribution >= 4 is 5.78 Å². The second-order valence-electron chi connectivity index (χ2n) is 4.76. The van der Waals surface area contributed by atoms with Crippen LogP contribution in [-0.4, -0.2) is 12.9 Å². The maximum atomic E-state index is 13.5. The zero-order valence-corrected chi connectivity index (χ0v) is 11.7. The largest absolute Gasteiger partial charge is 0.494 e. The Bertz CT molecular complexity index is 603. The van der Waals surface area contributed by atoms with Crippen molar-refractivity contribution in [3.05, 3.63) is 65.0 Å². The fourth-order valence-corrected chi connectivity index (χ4v) is 2.00. The number of methoxy groups -OCH3 is 1. The summed E-state index contributed by atoms with van der Waals surface area (Å²) in [6, 6.07) is 12.4. The van der Waals surface area contributed by atoms with Crippen molar-refractivity contribution in [3.8, 4) is 5.75 Å². The molecule has 0 spiro atoms. The molecule has 3 heteroatoms. The summed E-state index contributed by atoms with van der Waals surface area (Å²) in [6.45, 7) is 2.02. The van der Waals surface area contributed by atoms with Gasteiger partial charge in [-0.3, -0.25) is 4.79 Å². The smallest absolute Gasteiger partial charge is 0.165 e. The van der Waals surface area contributed by atoms with Crippen molar-refractivity contribution in [2.24, 2.45) is 0 Å². The van der Waals surface area contributed by atoms with E-state index in [1.54, 1.807) is 6.07 Å². The third-order valence-corrected chi connectivity index (χ3v) is 3.24. The van der Waals surface area contributed by atoms with Crippen LogP contribution >= 0.6 is 0 Å². The topological polar surface area (TPSA) is 26.3 Å². The van der Waals surface area contributed by atoms with E-state index in [0.717, 1.165) is 5.56 Å². The lowest BCUT2D eigenvalue weighted by atomic mass is 10.0. The predicted octanol–water partition coefficient (Wildman–Crippen LogP) is 3.96. The molecule has 2 aromatic rings. The van der Waals surface area contributed by atoms with Crippen LogP contribution in [0.4, 0.5) is 4.39 Å². The number of halogens is 1. The van der Waals surface area contributed by atoms with Crippen LogP contribution in [0.15, 0.2) is 42.5 Å². The first-order chi connectivity index (χ1) is 9.60. The number of hydrogen-bond acceptors (Lipinski definition) is 2. The van der Waals surface area contributed by atoms with Crippen molar-refractivity contribution in [2.75, 3.05) is 7.11 Å². The lowest BCUT2D eigenvalue weighted by Crippen LogP contribution is -2.02. The Hall–Kier alpha value is -2.16. The maximum absolute atomic E-state index is 13.5. The van der Waals surface area contributed by atoms with Crippen molar-refractivity contribution < 1.29 is 13.9 Å². The third-order valence-electron chi connectivity index (χ3n) is 3.24. The number of ketones is 1. The van der Waals surface area contributed by atoms with Gasteiger partial charge in [0.2, 0.25) is 0 Å². The highest BCUT2D eigenvalue weighted by Gasteiger charge is 2.10. The molecule has 0 unspecified atom stereocenters. The second-order valence-corrected chi connectivity index (χ2v) is 4.76. The maximum Gasteiger partial charge on any atom is 0.165 e. The normalized spacial score (nSPS) is 10.3. The lowest BCUT2D eigenvalue weighted by Gasteiger charge is -2.05. The summed E-state index contributed by atoms with van der Waals surface area (Å²) in [5, 5.41) is 0. The predicted molar refractivity (Wildman–Crippen MR) is 76.8 cm³/mol. The summed E-state index contributed by atoms with van der Waals surface area (Å²) >= 11 is 0. The third kappa shape index (κ3) is 3.44. The number of ether oxygens (including phenoxy) is 1. The summed E-state index contributed by atoms with van der Waals surface area (Å²) in [4.78, 5) is 12.0. The molecule has 0 bridgehead atoms. The average molecular weight is 272 g/mol. The molecule has 0 heterocycles. The number of carbonyl (C=O) groups is 1. The van der Waals surface area contributed by atoms with Gasteiger partial charge in [-0.2, -0.15) is 0 Å². The van der Waals surface area contributed by atoms with Crippen LogP contribution in [0.2, 0.25) is 0 Å². The van der Waals surface area contributed by atoms with Gasteiger partial charge in [-0.15, -0.1) is 0 Å². The molecule has 0 saturated heterocycles. The van der Waals surface area contributed by atoms with Crippen LogP contribution in [-0.2, 0) is 6.42 Å². The first-order valence-corrected chi connectivity index (χ1v) is 6.52. The molecule has 0 aromatic heterocycles. The van der Waals surface area contributed by atoms with E-state index in [-0.39, 0.29) is 11.5 Å². The fraction of sp³-hybridized carbons (Fsp3) is 0.235. The SMILES string of the molecule is COc1ccc(C(=O)CCc2ccc(C)cc2)cc1F. The van der Waals surface area contributed by atoms with E-state index in [1.807, 2.05) is 31.2 Å². The van der Waals surface area contributed by atoms with Crippen molar-refractivity contribution in [3.63, 3.8) is 0 Å². The molecule has 20 heavy (non-hydrogen) atoms. The Morgan fingerprint density at radius 3 is 2.45 bits per heavy atom. The van der Waals surface area contributed by atoms with Gasteiger partial charge in [-0.05, 0) is 37.1 Å². The Morgan fingerprint density at radius 2 is 1.85 bits per heavy atom. The molecule has 104 valence electrons.